The molecule has 4 aromatic rings. The molecular formula is C21H17ClN4O5S. The molecule has 11 heteroatoms. The highest BCUT2D eigenvalue weighted by Crippen LogP contribution is 2.37. The van der Waals surface area contributed by atoms with Crippen molar-refractivity contribution in [2.24, 2.45) is 0 Å². The third-order valence-corrected chi connectivity index (χ3v) is 5.73. The first-order chi connectivity index (χ1) is 15.4. The van der Waals surface area contributed by atoms with Crippen molar-refractivity contribution in [2.75, 3.05) is 11.8 Å². The molecule has 0 saturated carbocycles. The summed E-state index contributed by atoms with van der Waals surface area (Å²) in [6.45, 7) is 1.80. The van der Waals surface area contributed by atoms with E-state index in [1.54, 1.807) is 49.4 Å². The zero-order valence-electron chi connectivity index (χ0n) is 16.9. The number of hydrogen-bond acceptors (Lipinski definition) is 8. The topological polar surface area (TPSA) is 116 Å². The molecule has 0 unspecified atom stereocenters. The Kier molecular flexibility index (Phi) is 5.97. The number of pyridine rings is 1. The molecule has 1 aromatic carbocycles. The Balaban J connectivity index is 1.79. The first-order valence-corrected chi connectivity index (χ1v) is 11.1. The molecule has 1 N–H and O–H groups in total. The number of halogens is 1. The maximum absolute atomic E-state index is 13.0. The Labute approximate surface area is 189 Å². The van der Waals surface area contributed by atoms with Crippen LogP contribution in [-0.2, 0) is 10.0 Å². The van der Waals surface area contributed by atoms with Gasteiger partial charge >= 0.3 is 0 Å². The number of rotatable bonds is 7. The Morgan fingerprint density at radius 3 is 2.56 bits per heavy atom. The lowest BCUT2D eigenvalue weighted by Gasteiger charge is -2.14. The van der Waals surface area contributed by atoms with E-state index in [-0.39, 0.29) is 27.6 Å². The second-order valence-electron chi connectivity index (χ2n) is 6.55. The average Bonchev–Trinajstić information content (AvgIpc) is 3.31. The lowest BCUT2D eigenvalue weighted by molar-refractivity contribution is 0.409. The van der Waals surface area contributed by atoms with E-state index in [2.05, 4.69) is 19.7 Å². The van der Waals surface area contributed by atoms with Crippen LogP contribution < -0.4 is 14.2 Å². The van der Waals surface area contributed by atoms with Crippen molar-refractivity contribution in [1.29, 1.82) is 0 Å². The van der Waals surface area contributed by atoms with Gasteiger partial charge in [-0.15, -0.1) is 0 Å². The van der Waals surface area contributed by atoms with E-state index in [9.17, 15) is 8.42 Å². The summed E-state index contributed by atoms with van der Waals surface area (Å²) >= 11 is 6.37. The van der Waals surface area contributed by atoms with Crippen LogP contribution in [0.5, 0.6) is 17.2 Å². The summed E-state index contributed by atoms with van der Waals surface area (Å²) in [4.78, 5) is 12.4. The van der Waals surface area contributed by atoms with Gasteiger partial charge in [0.25, 0.3) is 10.0 Å². The number of anilines is 1. The Bertz CT molecular complexity index is 1340. The normalized spacial score (nSPS) is 11.2. The quantitative estimate of drug-likeness (QED) is 0.385. The molecule has 0 bridgehead atoms. The van der Waals surface area contributed by atoms with E-state index >= 15 is 0 Å². The highest BCUT2D eigenvalue weighted by Gasteiger charge is 2.24. The Morgan fingerprint density at radius 2 is 1.88 bits per heavy atom. The van der Waals surface area contributed by atoms with Crippen molar-refractivity contribution in [3.63, 3.8) is 0 Å². The molecule has 0 aliphatic carbocycles. The van der Waals surface area contributed by atoms with E-state index < -0.39 is 10.0 Å². The van der Waals surface area contributed by atoms with E-state index in [1.807, 2.05) is 0 Å². The maximum atomic E-state index is 13.0. The summed E-state index contributed by atoms with van der Waals surface area (Å²) in [5.74, 6) is 0.987. The van der Waals surface area contributed by atoms with Gasteiger partial charge in [-0.25, -0.2) is 15.0 Å². The standard InChI is InChI=1S/C21H17ClN4O5S/c1-13-8-9-17(23-12-13)32(27,28)26-21-18(31-15-6-3-5-14(11-15)29-2)19(22)24-20(25-21)16-7-4-10-30-16/h3-12H,1-2H3,(H,24,25,26). The number of nitrogens with zero attached hydrogens (tertiary/aromatic N) is 3. The van der Waals surface area contributed by atoms with Crippen LogP contribution in [0.4, 0.5) is 5.82 Å². The number of aromatic nitrogens is 3. The number of sulfonamides is 1. The molecule has 3 heterocycles. The molecule has 164 valence electrons. The van der Waals surface area contributed by atoms with Crippen molar-refractivity contribution in [1.82, 2.24) is 15.0 Å². The minimum Gasteiger partial charge on any atom is -0.497 e. The van der Waals surface area contributed by atoms with Crippen LogP contribution in [0, 0.1) is 6.92 Å². The first-order valence-electron chi connectivity index (χ1n) is 9.24. The number of furan rings is 1. The van der Waals surface area contributed by atoms with E-state index in [0.717, 1.165) is 5.56 Å². The van der Waals surface area contributed by atoms with E-state index in [4.69, 9.17) is 25.5 Å². The van der Waals surface area contributed by atoms with Crippen LogP contribution in [0.25, 0.3) is 11.6 Å². The lowest BCUT2D eigenvalue weighted by Crippen LogP contribution is -2.16. The van der Waals surface area contributed by atoms with Gasteiger partial charge in [-0.05, 0) is 42.8 Å². The molecule has 0 radical (unpaired) electrons. The highest BCUT2D eigenvalue weighted by atomic mass is 35.5. The Morgan fingerprint density at radius 1 is 1.06 bits per heavy atom. The van der Waals surface area contributed by atoms with Crippen molar-refractivity contribution < 1.29 is 22.3 Å². The predicted molar refractivity (Wildman–Crippen MR) is 118 cm³/mol. The molecule has 0 aliphatic rings. The second-order valence-corrected chi connectivity index (χ2v) is 8.54. The average molecular weight is 473 g/mol. The van der Waals surface area contributed by atoms with Crippen LogP contribution in [0.3, 0.4) is 0 Å². The fraction of sp³-hybridized carbons (Fsp3) is 0.0952. The van der Waals surface area contributed by atoms with Gasteiger partial charge in [-0.3, -0.25) is 4.72 Å². The fourth-order valence-corrected chi connectivity index (χ4v) is 3.82. The number of ether oxygens (including phenoxy) is 2. The third-order valence-electron chi connectivity index (χ3n) is 4.22. The van der Waals surface area contributed by atoms with Crippen LogP contribution in [-0.4, -0.2) is 30.5 Å². The smallest absolute Gasteiger partial charge is 0.280 e. The number of aryl methyl sites for hydroxylation is 1. The lowest BCUT2D eigenvalue weighted by atomic mass is 10.3. The maximum Gasteiger partial charge on any atom is 0.280 e. The summed E-state index contributed by atoms with van der Waals surface area (Å²) in [5.41, 5.74) is 0.816. The molecule has 3 aromatic heterocycles. The molecular weight excluding hydrogens is 456 g/mol. The third kappa shape index (κ3) is 4.66. The molecule has 32 heavy (non-hydrogen) atoms. The largest absolute Gasteiger partial charge is 0.497 e. The molecule has 0 spiro atoms. The van der Waals surface area contributed by atoms with Gasteiger partial charge in [0.15, 0.2) is 27.6 Å². The molecule has 0 saturated heterocycles. The second kappa shape index (κ2) is 8.85. The fourth-order valence-electron chi connectivity index (χ4n) is 2.67. The molecule has 9 nitrogen and oxygen atoms in total. The molecule has 0 fully saturated rings. The summed E-state index contributed by atoms with van der Waals surface area (Å²) in [5, 5.41) is -0.312. The number of benzene rings is 1. The minimum atomic E-state index is -4.11. The van der Waals surface area contributed by atoms with E-state index in [1.165, 1.54) is 25.6 Å². The summed E-state index contributed by atoms with van der Waals surface area (Å²) < 4.78 is 44.6. The highest BCUT2D eigenvalue weighted by molar-refractivity contribution is 7.92. The number of nitrogens with one attached hydrogen (secondary N) is 1. The van der Waals surface area contributed by atoms with Crippen LogP contribution >= 0.6 is 11.6 Å². The number of hydrogen-bond donors (Lipinski definition) is 1. The minimum absolute atomic E-state index is 0.0764. The molecule has 0 atom stereocenters. The van der Waals surface area contributed by atoms with Gasteiger partial charge in [-0.2, -0.15) is 8.42 Å². The van der Waals surface area contributed by atoms with Crippen LogP contribution in [0.2, 0.25) is 5.15 Å². The summed E-state index contributed by atoms with van der Waals surface area (Å²) in [7, 11) is -2.59. The number of methoxy groups -OCH3 is 1. The summed E-state index contributed by atoms with van der Waals surface area (Å²) in [6, 6.07) is 13.0. The van der Waals surface area contributed by atoms with Crippen molar-refractivity contribution >= 4 is 27.4 Å². The first kappa shape index (κ1) is 21.6. The van der Waals surface area contributed by atoms with E-state index in [0.29, 0.717) is 17.3 Å². The zero-order valence-corrected chi connectivity index (χ0v) is 18.5. The van der Waals surface area contributed by atoms with Crippen LogP contribution in [0.15, 0.2) is 70.4 Å². The van der Waals surface area contributed by atoms with Crippen LogP contribution in [0.1, 0.15) is 5.56 Å². The summed E-state index contributed by atoms with van der Waals surface area (Å²) in [6.07, 6.45) is 2.89. The molecule has 0 aliphatic heterocycles. The van der Waals surface area contributed by atoms with Gasteiger partial charge in [0.1, 0.15) is 11.5 Å². The van der Waals surface area contributed by atoms with Crippen molar-refractivity contribution in [3.8, 4) is 28.8 Å². The van der Waals surface area contributed by atoms with Gasteiger partial charge in [0.05, 0.1) is 13.4 Å². The molecule has 0 amide bonds. The zero-order chi connectivity index (χ0) is 22.7. The van der Waals surface area contributed by atoms with Gasteiger partial charge in [0, 0.05) is 12.3 Å². The van der Waals surface area contributed by atoms with Crippen molar-refractivity contribution in [2.45, 2.75) is 11.9 Å². The SMILES string of the molecule is COc1cccc(Oc2c(Cl)nc(-c3ccco3)nc2NS(=O)(=O)c2ccc(C)cn2)c1. The van der Waals surface area contributed by atoms with Gasteiger partial charge < -0.3 is 13.9 Å². The van der Waals surface area contributed by atoms with Crippen molar-refractivity contribution in [3.05, 3.63) is 71.7 Å². The van der Waals surface area contributed by atoms with Gasteiger partial charge in [-0.1, -0.05) is 23.7 Å². The molecule has 4 rings (SSSR count). The predicted octanol–water partition coefficient (Wildman–Crippen LogP) is 4.70. The van der Waals surface area contributed by atoms with Gasteiger partial charge in [0.2, 0.25) is 5.75 Å². The Hall–Kier alpha value is -3.63. The monoisotopic (exact) mass is 472 g/mol.